The molecule has 0 bridgehead atoms. The zero-order valence-corrected chi connectivity index (χ0v) is 14.3. The zero-order valence-electron chi connectivity index (χ0n) is 14.3. The molecule has 2 heteroatoms. The molecule has 4 aromatic rings. The number of rotatable bonds is 0. The number of imidazole rings is 1. The van der Waals surface area contributed by atoms with E-state index in [4.69, 9.17) is 4.98 Å². The Hall–Kier alpha value is -2.87. The second kappa shape index (κ2) is 4.40. The van der Waals surface area contributed by atoms with Crippen LogP contribution in [0.15, 0.2) is 60.3 Å². The van der Waals surface area contributed by atoms with Gasteiger partial charge in [0.05, 0.1) is 17.4 Å². The van der Waals surface area contributed by atoms with Crippen molar-refractivity contribution < 1.29 is 0 Å². The van der Waals surface area contributed by atoms with Gasteiger partial charge in [-0.15, -0.1) is 0 Å². The van der Waals surface area contributed by atoms with Gasteiger partial charge in [-0.05, 0) is 41.9 Å². The summed E-state index contributed by atoms with van der Waals surface area (Å²) in [4.78, 5) is 4.85. The van der Waals surface area contributed by atoms with Crippen molar-refractivity contribution in [3.63, 3.8) is 0 Å². The van der Waals surface area contributed by atoms with Crippen LogP contribution in [0.25, 0.3) is 32.9 Å². The lowest BCUT2D eigenvalue weighted by molar-refractivity contribution is 0.858. The molecule has 2 nitrogen and oxygen atoms in total. The smallest absolute Gasteiger partial charge is 0.145 e. The number of nitrogens with zero attached hydrogens (tertiary/aromatic N) is 2. The lowest BCUT2D eigenvalue weighted by Crippen LogP contribution is -2.13. The average molecular weight is 322 g/mol. The average Bonchev–Trinajstić information content (AvgIpc) is 3.05. The molecular formula is C23H18N2. The van der Waals surface area contributed by atoms with Crippen molar-refractivity contribution in [1.82, 2.24) is 9.38 Å². The SMILES string of the molecule is C=C1CC(=C2Cc3ccc(C)c4c5ccccc5c5ncc2n5c34)C1. The summed E-state index contributed by atoms with van der Waals surface area (Å²) in [5.74, 6) is 0. The fourth-order valence-corrected chi connectivity index (χ4v) is 4.70. The number of hydrogen-bond donors (Lipinski definition) is 0. The molecular weight excluding hydrogens is 304 g/mol. The van der Waals surface area contributed by atoms with E-state index in [-0.39, 0.29) is 0 Å². The summed E-state index contributed by atoms with van der Waals surface area (Å²) in [7, 11) is 0. The van der Waals surface area contributed by atoms with Crippen molar-refractivity contribution in [3.05, 3.63) is 77.1 Å². The monoisotopic (exact) mass is 322 g/mol. The molecule has 0 amide bonds. The predicted octanol–water partition coefficient (Wildman–Crippen LogP) is 5.61. The molecule has 1 aliphatic carbocycles. The van der Waals surface area contributed by atoms with Gasteiger partial charge in [-0.25, -0.2) is 4.98 Å². The van der Waals surface area contributed by atoms with E-state index in [1.807, 2.05) is 0 Å². The number of hydrogen-bond acceptors (Lipinski definition) is 1. The van der Waals surface area contributed by atoms with Crippen molar-refractivity contribution in [2.75, 3.05) is 0 Å². The molecule has 0 spiro atoms. The number of fused-ring (bicyclic) bond motifs is 3. The Labute approximate surface area is 146 Å². The summed E-state index contributed by atoms with van der Waals surface area (Å²) in [6.45, 7) is 6.34. The Morgan fingerprint density at radius 3 is 2.60 bits per heavy atom. The standard InChI is InChI=1S/C23H18N2/c1-13-9-16(10-13)19-11-15-8-7-14(2)21-17-5-3-4-6-18(17)23-24-12-20(19)25(23)22(15)21/h3-8,12H,1,9-11H2,2H3. The molecule has 3 heterocycles. The van der Waals surface area contributed by atoms with Gasteiger partial charge in [-0.1, -0.05) is 54.1 Å². The number of aryl methyl sites for hydroxylation is 1. The molecule has 2 aromatic heterocycles. The van der Waals surface area contributed by atoms with Gasteiger partial charge in [-0.3, -0.25) is 4.40 Å². The highest BCUT2D eigenvalue weighted by atomic mass is 15.0. The van der Waals surface area contributed by atoms with E-state index in [1.54, 1.807) is 5.57 Å². The highest BCUT2D eigenvalue weighted by Gasteiger charge is 2.27. The topological polar surface area (TPSA) is 17.3 Å². The van der Waals surface area contributed by atoms with Crippen LogP contribution in [0.1, 0.15) is 29.7 Å². The van der Waals surface area contributed by atoms with Gasteiger partial charge in [0.2, 0.25) is 0 Å². The van der Waals surface area contributed by atoms with E-state index in [2.05, 4.69) is 60.5 Å². The maximum atomic E-state index is 4.85. The Morgan fingerprint density at radius 2 is 1.80 bits per heavy atom. The summed E-state index contributed by atoms with van der Waals surface area (Å²) in [6.07, 6.45) is 5.20. The highest BCUT2D eigenvalue weighted by Crippen LogP contribution is 2.44. The van der Waals surface area contributed by atoms with Crippen LogP contribution in [0.5, 0.6) is 0 Å². The van der Waals surface area contributed by atoms with Gasteiger partial charge in [0.15, 0.2) is 0 Å². The van der Waals surface area contributed by atoms with E-state index >= 15 is 0 Å². The minimum atomic E-state index is 1.01. The van der Waals surface area contributed by atoms with Crippen LogP contribution in [0.2, 0.25) is 0 Å². The molecule has 1 fully saturated rings. The summed E-state index contributed by atoms with van der Waals surface area (Å²) < 4.78 is 2.41. The summed E-state index contributed by atoms with van der Waals surface area (Å²) in [5, 5.41) is 3.93. The Kier molecular flexibility index (Phi) is 2.36. The van der Waals surface area contributed by atoms with Gasteiger partial charge in [-0.2, -0.15) is 0 Å². The van der Waals surface area contributed by atoms with E-state index in [0.717, 1.165) is 24.9 Å². The van der Waals surface area contributed by atoms with E-state index in [0.29, 0.717) is 0 Å². The van der Waals surface area contributed by atoms with Gasteiger partial charge in [0.1, 0.15) is 5.65 Å². The lowest BCUT2D eigenvalue weighted by Gasteiger charge is -2.28. The fraction of sp³-hybridized carbons (Fsp3) is 0.174. The highest BCUT2D eigenvalue weighted by molar-refractivity contribution is 6.14. The maximum Gasteiger partial charge on any atom is 0.145 e. The fourth-order valence-electron chi connectivity index (χ4n) is 4.70. The van der Waals surface area contributed by atoms with Gasteiger partial charge >= 0.3 is 0 Å². The van der Waals surface area contributed by atoms with Gasteiger partial charge in [0, 0.05) is 17.2 Å². The molecule has 0 saturated heterocycles. The maximum absolute atomic E-state index is 4.85. The Bertz CT molecular complexity index is 1270. The molecule has 1 aliphatic heterocycles. The van der Waals surface area contributed by atoms with E-state index < -0.39 is 0 Å². The molecule has 1 saturated carbocycles. The largest absolute Gasteiger partial charge is 0.292 e. The van der Waals surface area contributed by atoms with Crippen molar-refractivity contribution >= 4 is 32.9 Å². The minimum absolute atomic E-state index is 1.01. The molecule has 25 heavy (non-hydrogen) atoms. The lowest BCUT2D eigenvalue weighted by atomic mass is 9.80. The third-order valence-electron chi connectivity index (χ3n) is 5.92. The normalized spacial score (nSPS) is 16.4. The Balaban J connectivity index is 1.89. The van der Waals surface area contributed by atoms with Crippen molar-refractivity contribution in [3.8, 4) is 0 Å². The summed E-state index contributed by atoms with van der Waals surface area (Å²) >= 11 is 0. The van der Waals surface area contributed by atoms with Crippen LogP contribution in [0.4, 0.5) is 0 Å². The minimum Gasteiger partial charge on any atom is -0.292 e. The number of pyridine rings is 1. The van der Waals surface area contributed by atoms with Crippen LogP contribution in [-0.2, 0) is 6.42 Å². The molecule has 6 rings (SSSR count). The molecule has 2 aliphatic rings. The van der Waals surface area contributed by atoms with Gasteiger partial charge < -0.3 is 0 Å². The van der Waals surface area contributed by atoms with Crippen LogP contribution in [0, 0.1) is 6.92 Å². The zero-order chi connectivity index (χ0) is 16.7. The van der Waals surface area contributed by atoms with Crippen LogP contribution >= 0.6 is 0 Å². The van der Waals surface area contributed by atoms with Crippen molar-refractivity contribution in [1.29, 1.82) is 0 Å². The third-order valence-corrected chi connectivity index (χ3v) is 5.92. The molecule has 120 valence electrons. The molecule has 0 radical (unpaired) electrons. The van der Waals surface area contributed by atoms with Crippen molar-refractivity contribution in [2.24, 2.45) is 0 Å². The number of benzene rings is 2. The first kappa shape index (κ1) is 13.4. The van der Waals surface area contributed by atoms with Gasteiger partial charge in [0.25, 0.3) is 0 Å². The first-order valence-electron chi connectivity index (χ1n) is 8.90. The molecule has 0 atom stereocenters. The Morgan fingerprint density at radius 1 is 1.00 bits per heavy atom. The summed E-state index contributed by atoms with van der Waals surface area (Å²) in [5.41, 5.74) is 10.8. The van der Waals surface area contributed by atoms with Crippen LogP contribution < -0.4 is 0 Å². The molecule has 2 aromatic carbocycles. The second-order valence-electron chi connectivity index (χ2n) is 7.48. The molecule has 0 N–H and O–H groups in total. The first-order valence-corrected chi connectivity index (χ1v) is 8.90. The first-order chi connectivity index (χ1) is 12.2. The van der Waals surface area contributed by atoms with E-state index in [9.17, 15) is 0 Å². The van der Waals surface area contributed by atoms with Crippen molar-refractivity contribution in [2.45, 2.75) is 26.2 Å². The predicted molar refractivity (Wildman–Crippen MR) is 104 cm³/mol. The third kappa shape index (κ3) is 1.57. The quantitative estimate of drug-likeness (QED) is 0.304. The van der Waals surface area contributed by atoms with E-state index in [1.165, 1.54) is 49.6 Å². The summed E-state index contributed by atoms with van der Waals surface area (Å²) in [6, 6.07) is 13.3. The van der Waals surface area contributed by atoms with Crippen LogP contribution in [0.3, 0.4) is 0 Å². The second-order valence-corrected chi connectivity index (χ2v) is 7.48. The number of aromatic nitrogens is 2. The van der Waals surface area contributed by atoms with Crippen LogP contribution in [-0.4, -0.2) is 9.38 Å². The number of allylic oxidation sites excluding steroid dienone is 3. The molecule has 0 unspecified atom stereocenters.